The summed E-state index contributed by atoms with van der Waals surface area (Å²) in [5.74, 6) is -0.0359. The zero-order valence-electron chi connectivity index (χ0n) is 8.86. The van der Waals surface area contributed by atoms with Gasteiger partial charge in [0, 0.05) is 24.9 Å². The third-order valence-electron chi connectivity index (χ3n) is 1.61. The molecule has 0 radical (unpaired) electrons. The van der Waals surface area contributed by atoms with Crippen LogP contribution in [0.25, 0.3) is 0 Å². The van der Waals surface area contributed by atoms with E-state index in [1.165, 1.54) is 13.0 Å². The van der Waals surface area contributed by atoms with Gasteiger partial charge in [-0.25, -0.2) is 0 Å². The first kappa shape index (κ1) is 11.8. The van der Waals surface area contributed by atoms with Crippen LogP contribution >= 0.6 is 0 Å². The molecule has 0 unspecified atom stereocenters. The Hall–Kier alpha value is -2.30. The highest BCUT2D eigenvalue weighted by atomic mass is 16.1. The fraction of sp³-hybridized carbons (Fsp3) is 0.0909. The molecule has 1 heterocycles. The van der Waals surface area contributed by atoms with Gasteiger partial charge in [0.1, 0.15) is 0 Å². The lowest BCUT2D eigenvalue weighted by molar-refractivity contribution is -0.114. The molecule has 1 aromatic carbocycles. The average Bonchev–Trinajstić information content (AvgIpc) is 2.71. The minimum atomic E-state index is -0.0880. The van der Waals surface area contributed by atoms with Gasteiger partial charge in [-0.05, 0) is 12.1 Å². The van der Waals surface area contributed by atoms with Gasteiger partial charge in [-0.15, -0.1) is 0 Å². The Morgan fingerprint density at radius 2 is 1.88 bits per heavy atom. The van der Waals surface area contributed by atoms with Crippen molar-refractivity contribution in [2.75, 3.05) is 5.32 Å². The summed E-state index contributed by atoms with van der Waals surface area (Å²) in [6, 6.07) is 10.8. The van der Waals surface area contributed by atoms with Crippen LogP contribution in [0.15, 0.2) is 47.4 Å². The summed E-state index contributed by atoms with van der Waals surface area (Å²) < 4.78 is 0. The molecular formula is C11H13N3O2. The van der Waals surface area contributed by atoms with E-state index in [0.29, 0.717) is 0 Å². The third-order valence-corrected chi connectivity index (χ3v) is 1.61. The second kappa shape index (κ2) is 6.23. The van der Waals surface area contributed by atoms with Gasteiger partial charge >= 0.3 is 0 Å². The Morgan fingerprint density at radius 1 is 1.19 bits per heavy atom. The molecule has 0 spiro atoms. The number of aromatic amines is 2. The maximum absolute atomic E-state index is 10.5. The van der Waals surface area contributed by atoms with E-state index in [1.807, 2.05) is 30.3 Å². The Labute approximate surface area is 92.5 Å². The smallest absolute Gasteiger partial charge is 0.263 e. The number of H-pyrrole nitrogens is 2. The van der Waals surface area contributed by atoms with Crippen molar-refractivity contribution in [1.29, 1.82) is 0 Å². The number of rotatable bonds is 1. The molecule has 0 aliphatic rings. The van der Waals surface area contributed by atoms with Crippen LogP contribution in [0.3, 0.4) is 0 Å². The van der Waals surface area contributed by atoms with Crippen LogP contribution in [0.5, 0.6) is 0 Å². The molecule has 84 valence electrons. The predicted molar refractivity (Wildman–Crippen MR) is 62.2 cm³/mol. The zero-order chi connectivity index (χ0) is 11.8. The van der Waals surface area contributed by atoms with Crippen molar-refractivity contribution in [2.45, 2.75) is 6.92 Å². The van der Waals surface area contributed by atoms with E-state index in [-0.39, 0.29) is 11.5 Å². The lowest BCUT2D eigenvalue weighted by atomic mass is 10.3. The molecule has 0 aliphatic carbocycles. The summed E-state index contributed by atoms with van der Waals surface area (Å²) in [5, 5.41) is 7.48. The van der Waals surface area contributed by atoms with Gasteiger partial charge in [-0.1, -0.05) is 18.2 Å². The number of hydrogen-bond acceptors (Lipinski definition) is 2. The highest BCUT2D eigenvalue weighted by molar-refractivity contribution is 5.88. The van der Waals surface area contributed by atoms with Gasteiger partial charge in [0.25, 0.3) is 5.56 Å². The molecule has 0 aliphatic heterocycles. The quantitative estimate of drug-likeness (QED) is 0.677. The molecule has 0 saturated carbocycles. The molecule has 5 heteroatoms. The Balaban J connectivity index is 0.000000181. The maximum Gasteiger partial charge on any atom is 0.263 e. The van der Waals surface area contributed by atoms with E-state index < -0.39 is 0 Å². The highest BCUT2D eigenvalue weighted by Crippen LogP contribution is 2.03. The van der Waals surface area contributed by atoms with E-state index in [9.17, 15) is 9.59 Å². The number of carbonyl (C=O) groups is 1. The van der Waals surface area contributed by atoms with Crippen molar-refractivity contribution < 1.29 is 4.79 Å². The van der Waals surface area contributed by atoms with Gasteiger partial charge in [-0.2, -0.15) is 0 Å². The zero-order valence-corrected chi connectivity index (χ0v) is 8.86. The predicted octanol–water partition coefficient (Wildman–Crippen LogP) is 1.35. The van der Waals surface area contributed by atoms with Crippen LogP contribution in [0.1, 0.15) is 6.92 Å². The fourth-order valence-corrected chi connectivity index (χ4v) is 0.997. The van der Waals surface area contributed by atoms with E-state index in [0.717, 1.165) is 5.69 Å². The van der Waals surface area contributed by atoms with Crippen LogP contribution in [-0.4, -0.2) is 16.1 Å². The summed E-state index contributed by atoms with van der Waals surface area (Å²) in [4.78, 5) is 20.5. The van der Waals surface area contributed by atoms with Crippen LogP contribution in [0.4, 0.5) is 5.69 Å². The van der Waals surface area contributed by atoms with Gasteiger partial charge in [0.05, 0.1) is 0 Å². The molecule has 3 N–H and O–H groups in total. The molecule has 5 nitrogen and oxygen atoms in total. The van der Waals surface area contributed by atoms with Crippen molar-refractivity contribution >= 4 is 11.6 Å². The van der Waals surface area contributed by atoms with E-state index in [4.69, 9.17) is 0 Å². The first-order valence-electron chi connectivity index (χ1n) is 4.73. The Bertz CT molecular complexity index is 456. The fourth-order valence-electron chi connectivity index (χ4n) is 0.997. The average molecular weight is 219 g/mol. The van der Waals surface area contributed by atoms with Crippen LogP contribution in [0, 0.1) is 0 Å². The minimum Gasteiger partial charge on any atom is -0.326 e. The number of para-hydroxylation sites is 1. The summed E-state index contributed by atoms with van der Waals surface area (Å²) in [7, 11) is 0. The number of amides is 1. The minimum absolute atomic E-state index is 0.0359. The van der Waals surface area contributed by atoms with Gasteiger partial charge in [0.15, 0.2) is 0 Å². The Morgan fingerprint density at radius 3 is 2.25 bits per heavy atom. The molecule has 2 aromatic rings. The normalized spacial score (nSPS) is 8.81. The molecular weight excluding hydrogens is 206 g/mol. The number of anilines is 1. The monoisotopic (exact) mass is 219 g/mol. The van der Waals surface area contributed by atoms with E-state index in [1.54, 1.807) is 6.20 Å². The lowest BCUT2D eigenvalue weighted by Gasteiger charge is -1.98. The van der Waals surface area contributed by atoms with Gasteiger partial charge in [-0.3, -0.25) is 14.7 Å². The number of aromatic nitrogens is 2. The van der Waals surface area contributed by atoms with Crippen molar-refractivity contribution in [3.05, 3.63) is 52.9 Å². The van der Waals surface area contributed by atoms with Crippen molar-refractivity contribution in [1.82, 2.24) is 10.2 Å². The second-order valence-electron chi connectivity index (χ2n) is 3.01. The first-order valence-corrected chi connectivity index (χ1v) is 4.73. The van der Waals surface area contributed by atoms with E-state index >= 15 is 0 Å². The number of nitrogens with one attached hydrogen (secondary N) is 3. The standard InChI is InChI=1S/C8H9NO.C3H4N2O/c1-7(10)9-8-5-3-2-4-6-8;6-3-1-2-4-5-3/h2-6H,1H3,(H,9,10);1-2H,(H2,4,5,6). The molecule has 0 saturated heterocycles. The second-order valence-corrected chi connectivity index (χ2v) is 3.01. The summed E-state index contributed by atoms with van der Waals surface area (Å²) in [6.07, 6.45) is 1.54. The number of benzene rings is 1. The largest absolute Gasteiger partial charge is 0.326 e. The topological polar surface area (TPSA) is 77.8 Å². The molecule has 1 amide bonds. The third kappa shape index (κ3) is 4.80. The van der Waals surface area contributed by atoms with Crippen LogP contribution in [0.2, 0.25) is 0 Å². The maximum atomic E-state index is 10.5. The van der Waals surface area contributed by atoms with Crippen LogP contribution < -0.4 is 10.9 Å². The SMILES string of the molecule is CC(=O)Nc1ccccc1.O=c1cc[nH][nH]1. The van der Waals surface area contributed by atoms with Crippen molar-refractivity contribution in [2.24, 2.45) is 0 Å². The van der Waals surface area contributed by atoms with E-state index in [2.05, 4.69) is 15.5 Å². The molecule has 1 aromatic heterocycles. The molecule has 16 heavy (non-hydrogen) atoms. The Kier molecular flexibility index (Phi) is 4.59. The lowest BCUT2D eigenvalue weighted by Crippen LogP contribution is -2.04. The molecule has 0 fully saturated rings. The molecule has 0 atom stereocenters. The van der Waals surface area contributed by atoms with Crippen LogP contribution in [-0.2, 0) is 4.79 Å². The summed E-state index contributed by atoms with van der Waals surface area (Å²) >= 11 is 0. The first-order chi connectivity index (χ1) is 7.68. The van der Waals surface area contributed by atoms with Crippen molar-refractivity contribution in [3.8, 4) is 0 Å². The molecule has 0 bridgehead atoms. The summed E-state index contributed by atoms with van der Waals surface area (Å²) in [5.41, 5.74) is 0.755. The summed E-state index contributed by atoms with van der Waals surface area (Å²) in [6.45, 7) is 1.49. The highest BCUT2D eigenvalue weighted by Gasteiger charge is 1.90. The van der Waals surface area contributed by atoms with Gasteiger partial charge in [0.2, 0.25) is 5.91 Å². The molecule has 2 rings (SSSR count). The van der Waals surface area contributed by atoms with Crippen molar-refractivity contribution in [3.63, 3.8) is 0 Å². The van der Waals surface area contributed by atoms with Gasteiger partial charge < -0.3 is 10.4 Å². The number of hydrogen-bond donors (Lipinski definition) is 3. The number of carbonyl (C=O) groups excluding carboxylic acids is 1.